The summed E-state index contributed by atoms with van der Waals surface area (Å²) in [5.74, 6) is -5.20. The van der Waals surface area contributed by atoms with Crippen LogP contribution < -0.4 is 5.73 Å². The highest BCUT2D eigenvalue weighted by molar-refractivity contribution is 14.1. The summed E-state index contributed by atoms with van der Waals surface area (Å²) in [5, 5.41) is 19.7. The van der Waals surface area contributed by atoms with Crippen molar-refractivity contribution in [3.05, 3.63) is 360 Å². The number of hydrogen-bond donors (Lipinski definition) is 2. The Bertz CT molecular complexity index is 8040. The first kappa shape index (κ1) is 86.4. The number of nitrogens with zero attached hydrogens (tertiary/aromatic N) is 13. The number of hydrogen-bond acceptors (Lipinski definition) is 15. The molecule has 3 N–H and O–H groups in total. The molecule has 23 nitrogen and oxygen atoms in total. The molecular formula is C96H66F8IN15O8S3. The van der Waals surface area contributed by atoms with Crippen LogP contribution in [0.3, 0.4) is 0 Å². The molecule has 0 atom stereocenters. The van der Waals surface area contributed by atoms with Crippen molar-refractivity contribution in [1.82, 2.24) is 66.0 Å². The van der Waals surface area contributed by atoms with Gasteiger partial charge in [-0.1, -0.05) is 103 Å². The molecule has 10 heterocycles. The maximum absolute atomic E-state index is 14.9. The molecule has 0 saturated heterocycles. The second-order valence-corrected chi connectivity index (χ2v) is 36.3. The summed E-state index contributed by atoms with van der Waals surface area (Å²) in [4.78, 5) is 11.3. The second kappa shape index (κ2) is 34.7. The third-order valence-corrected chi connectivity index (χ3v) is 27.4. The largest absolute Gasteiger partial charge is 0.443 e. The quantitative estimate of drug-likeness (QED) is 0.0672. The number of benzene rings is 11. The number of aromatic amines is 1. The van der Waals surface area contributed by atoms with Gasteiger partial charge in [0.2, 0.25) is 11.8 Å². The van der Waals surface area contributed by atoms with Crippen LogP contribution >= 0.6 is 22.6 Å². The number of halogens is 9. The van der Waals surface area contributed by atoms with Gasteiger partial charge in [-0.3, -0.25) is 18.7 Å². The molecular weight excluding hydrogens is 1870 g/mol. The lowest BCUT2D eigenvalue weighted by Gasteiger charge is -2.13. The van der Waals surface area contributed by atoms with Crippen LogP contribution in [-0.2, 0) is 58.3 Å². The Morgan fingerprint density at radius 1 is 0.321 bits per heavy atom. The maximum atomic E-state index is 14.9. The van der Waals surface area contributed by atoms with E-state index in [4.69, 9.17) is 14.6 Å². The van der Waals surface area contributed by atoms with Crippen molar-refractivity contribution in [3.63, 3.8) is 0 Å². The molecule has 35 heteroatoms. The summed E-state index contributed by atoms with van der Waals surface area (Å²) in [6.07, 6.45) is 6.04. The van der Waals surface area contributed by atoms with Crippen molar-refractivity contribution >= 4 is 102 Å². The Morgan fingerprint density at radius 3 is 0.954 bits per heavy atom. The highest BCUT2D eigenvalue weighted by Crippen LogP contribution is 2.43. The van der Waals surface area contributed by atoms with Gasteiger partial charge in [-0.25, -0.2) is 82.3 Å². The van der Waals surface area contributed by atoms with Gasteiger partial charge < -0.3 is 19.6 Å². The molecule has 0 amide bonds. The third-order valence-electron chi connectivity index (χ3n) is 21.6. The van der Waals surface area contributed by atoms with Gasteiger partial charge >= 0.3 is 0 Å². The Labute approximate surface area is 754 Å². The number of nitrogen functional groups attached to an aromatic ring is 1. The minimum atomic E-state index is -4.20. The van der Waals surface area contributed by atoms with Gasteiger partial charge in [0.1, 0.15) is 80.0 Å². The highest BCUT2D eigenvalue weighted by Gasteiger charge is 2.32. The summed E-state index contributed by atoms with van der Waals surface area (Å²) in [7, 11) is -5.38. The Kier molecular flexibility index (Phi) is 22.9. The number of rotatable bonds is 16. The van der Waals surface area contributed by atoms with Crippen molar-refractivity contribution in [2.45, 2.75) is 14.7 Å². The van der Waals surface area contributed by atoms with Crippen LogP contribution in [0.5, 0.6) is 0 Å². The number of H-pyrrole nitrogens is 1. The second-order valence-electron chi connectivity index (χ2n) is 29.8. The maximum Gasteiger partial charge on any atom is 0.268 e. The van der Waals surface area contributed by atoms with Crippen LogP contribution in [0, 0.1) is 50.2 Å². The number of fused-ring (bicyclic) bond motifs is 4. The van der Waals surface area contributed by atoms with Gasteiger partial charge in [0, 0.05) is 83.6 Å². The molecule has 0 aliphatic heterocycles. The number of nitrogens with one attached hydrogen (secondary N) is 1. The van der Waals surface area contributed by atoms with Crippen LogP contribution in [0.15, 0.2) is 334 Å². The van der Waals surface area contributed by atoms with Crippen molar-refractivity contribution < 1.29 is 69.2 Å². The minimum absolute atomic E-state index is 0.00296. The van der Waals surface area contributed by atoms with E-state index in [9.17, 15) is 60.4 Å². The first-order valence-corrected chi connectivity index (χ1v) is 45.1. The Hall–Kier alpha value is -15.3. The monoisotopic (exact) mass is 1930 g/mol. The summed E-state index contributed by atoms with van der Waals surface area (Å²) in [6.45, 7) is 0. The van der Waals surface area contributed by atoms with Crippen molar-refractivity contribution in [2.75, 3.05) is 5.73 Å². The molecule has 0 fully saturated rings. The molecule has 654 valence electrons. The van der Waals surface area contributed by atoms with Crippen LogP contribution in [0.4, 0.5) is 40.9 Å². The fourth-order valence-electron chi connectivity index (χ4n) is 15.7. The fourth-order valence-corrected chi connectivity index (χ4v) is 20.9. The van der Waals surface area contributed by atoms with E-state index in [-0.39, 0.29) is 48.4 Å². The van der Waals surface area contributed by atoms with E-state index in [0.29, 0.717) is 67.7 Å². The van der Waals surface area contributed by atoms with E-state index < -0.39 is 93.3 Å². The number of aryl methyl sites for hydroxylation is 4. The average Bonchev–Trinajstić information content (AvgIpc) is 1.59. The zero-order valence-electron chi connectivity index (χ0n) is 68.7. The van der Waals surface area contributed by atoms with Gasteiger partial charge in [-0.05, 0) is 199 Å². The molecule has 21 rings (SSSR count). The Morgan fingerprint density at radius 2 is 0.634 bits per heavy atom. The molecule has 0 saturated carbocycles. The molecule has 0 aliphatic rings. The van der Waals surface area contributed by atoms with Crippen molar-refractivity contribution in [2.24, 2.45) is 28.2 Å². The van der Waals surface area contributed by atoms with Gasteiger partial charge in [0.25, 0.3) is 30.1 Å². The SMILES string of the molecule is Cn1nc(-c2ncco2)cc1-c1ccc2[nH]c(-c3c(F)cccc3F)cc2c1.Cn1nc(-c2ncco2)cc1-c1ccc2c(c1)cc(-c1c(F)cccc1F)n2S(=O)(=O)c1ccccc1.Cn1nc(I)cc1-c1ccc2c(c1)cc(-c1c(F)cccc1F)n2S(=O)(=O)c1ccccc1.Cn1nc(N)cc1-c1ccc2c(c1)cc(-c1c(F)cccc1F)n2S(=O)(=O)c1ccccc1. The molecule has 10 aromatic heterocycles. The van der Waals surface area contributed by atoms with E-state index >= 15 is 0 Å². The first-order valence-electron chi connectivity index (χ1n) is 39.7. The topological polar surface area (TPSA) is 282 Å². The molecule has 0 aliphatic carbocycles. The molecule has 131 heavy (non-hydrogen) atoms. The summed E-state index contributed by atoms with van der Waals surface area (Å²) < 4.78 is 220. The van der Waals surface area contributed by atoms with Gasteiger partial charge in [0.05, 0.1) is 111 Å². The third kappa shape index (κ3) is 16.3. The highest BCUT2D eigenvalue weighted by atomic mass is 127. The van der Waals surface area contributed by atoms with Crippen LogP contribution in [0.1, 0.15) is 0 Å². The lowest BCUT2D eigenvalue weighted by molar-refractivity contribution is 0.569. The fraction of sp³-hybridized carbons (Fsp3) is 0.0417. The minimum Gasteiger partial charge on any atom is -0.443 e. The Balaban J connectivity index is 0.000000118. The predicted molar refractivity (Wildman–Crippen MR) is 490 cm³/mol. The zero-order chi connectivity index (χ0) is 91.6. The van der Waals surface area contributed by atoms with Crippen molar-refractivity contribution in [3.8, 4) is 113 Å². The lowest BCUT2D eigenvalue weighted by atomic mass is 10.1. The number of anilines is 1. The lowest BCUT2D eigenvalue weighted by Crippen LogP contribution is -2.14. The molecule has 0 radical (unpaired) electrons. The van der Waals surface area contributed by atoms with E-state index in [2.05, 4.69) is 57.9 Å². The van der Waals surface area contributed by atoms with E-state index in [1.165, 1.54) is 110 Å². The zero-order valence-corrected chi connectivity index (χ0v) is 73.3. The van der Waals surface area contributed by atoms with Gasteiger partial charge in [0.15, 0.2) is 0 Å². The summed E-state index contributed by atoms with van der Waals surface area (Å²) >= 11 is 2.11. The summed E-state index contributed by atoms with van der Waals surface area (Å²) in [6, 6.07) is 72.1. The number of nitrogens with two attached hydrogens (primary N) is 1. The molecule has 21 aromatic rings. The van der Waals surface area contributed by atoms with Crippen molar-refractivity contribution in [1.29, 1.82) is 0 Å². The van der Waals surface area contributed by atoms with Crippen LogP contribution in [0.25, 0.3) is 157 Å². The molecule has 0 bridgehead atoms. The number of oxazole rings is 2. The standard InChI is InChI=1S/C27H18F2N4O3S.C24H16F2IN3O2S.C24H18F2N4O2S.C21H14F2N4O/c1-32-24(16-22(31-32)27-30-12-13-36-27)17-10-11-23-18(14-17)15-25(26-20(28)8-5-9-21(26)29)33(23)37(34,35)19-6-3-2-4-7-19;2*1-29-21(14-23(27)28-29)15-10-11-20-16(12-15)13-22(24-18(25)8-5-9-19(24)26)30(20)33(31,32)17-6-3-2-4-7-17;1-27-19(11-18(26-27)21-24-7-8-28-21)12-5-6-16-13(9-12)10-17(25-16)20-14(22)3-2-4-15(20)23/h2-16H,1H3;2-14H,1H3;2-14H,1H3,(H2,27,28);2-11,25H,1H3. The van der Waals surface area contributed by atoms with Gasteiger partial charge in [-0.15, -0.1) is 0 Å². The predicted octanol–water partition coefficient (Wildman–Crippen LogP) is 21.7. The van der Waals surface area contributed by atoms with E-state index in [0.717, 1.165) is 96.6 Å². The molecule has 11 aromatic carbocycles. The molecule has 0 unspecified atom stereocenters. The van der Waals surface area contributed by atoms with E-state index in [1.807, 2.05) is 44.4 Å². The summed E-state index contributed by atoms with van der Waals surface area (Å²) in [5.41, 5.74) is 13.7. The number of aromatic nitrogens is 14. The molecule has 0 spiro atoms. The average molecular weight is 1930 g/mol. The smallest absolute Gasteiger partial charge is 0.268 e. The van der Waals surface area contributed by atoms with E-state index in [1.54, 1.807) is 166 Å². The van der Waals surface area contributed by atoms with Gasteiger partial charge in [-0.2, -0.15) is 20.4 Å². The van der Waals surface area contributed by atoms with Crippen LogP contribution in [0.2, 0.25) is 0 Å². The first-order chi connectivity index (χ1) is 63.0. The normalized spacial score (nSPS) is 11.8. The van der Waals surface area contributed by atoms with Crippen LogP contribution in [-0.4, -0.2) is 91.2 Å².